The fourth-order valence-electron chi connectivity index (χ4n) is 3.98. The van der Waals surface area contributed by atoms with Crippen LogP contribution in [-0.2, 0) is 13.0 Å². The summed E-state index contributed by atoms with van der Waals surface area (Å²) in [6.45, 7) is 4.75. The number of ketones is 1. The van der Waals surface area contributed by atoms with Gasteiger partial charge in [0.25, 0.3) is 5.56 Å². The van der Waals surface area contributed by atoms with Gasteiger partial charge in [-0.25, -0.2) is 0 Å². The molecular formula is C27H27ClN2O6. The molecule has 0 fully saturated rings. The number of aromatic hydroxyl groups is 1. The number of ether oxygens (including phenoxy) is 3. The van der Waals surface area contributed by atoms with Crippen LogP contribution in [0.25, 0.3) is 0 Å². The number of carbonyl (C=O) groups is 1. The van der Waals surface area contributed by atoms with E-state index in [9.17, 15) is 20.0 Å². The molecule has 0 aliphatic carbocycles. The smallest absolute Gasteiger partial charge is 0.271 e. The third-order valence-corrected chi connectivity index (χ3v) is 6.53. The molecule has 8 nitrogen and oxygen atoms in total. The van der Waals surface area contributed by atoms with Crippen LogP contribution in [-0.4, -0.2) is 36.3 Å². The van der Waals surface area contributed by atoms with Crippen LogP contribution in [0.1, 0.15) is 38.2 Å². The lowest BCUT2D eigenvalue weighted by Crippen LogP contribution is -2.28. The fourth-order valence-corrected chi connectivity index (χ4v) is 4.09. The van der Waals surface area contributed by atoms with Crippen molar-refractivity contribution in [1.82, 2.24) is 4.57 Å². The van der Waals surface area contributed by atoms with Crippen LogP contribution in [0, 0.1) is 32.1 Å². The Hall–Kier alpha value is -3.96. The van der Waals surface area contributed by atoms with Gasteiger partial charge in [0.1, 0.15) is 17.4 Å². The average Bonchev–Trinajstić information content (AvgIpc) is 2.85. The van der Waals surface area contributed by atoms with Gasteiger partial charge in [-0.15, -0.1) is 0 Å². The molecular weight excluding hydrogens is 484 g/mol. The Labute approximate surface area is 214 Å². The zero-order valence-corrected chi connectivity index (χ0v) is 21.5. The van der Waals surface area contributed by atoms with Gasteiger partial charge in [-0.1, -0.05) is 17.7 Å². The summed E-state index contributed by atoms with van der Waals surface area (Å²) < 4.78 is 17.2. The summed E-state index contributed by atoms with van der Waals surface area (Å²) in [4.78, 5) is 26.0. The number of aryl methyl sites for hydroxylation is 3. The number of rotatable bonds is 9. The monoisotopic (exact) mass is 510 g/mol. The number of pyridine rings is 1. The second kappa shape index (κ2) is 11.2. The highest BCUT2D eigenvalue weighted by molar-refractivity contribution is 6.32. The molecule has 0 saturated carbocycles. The van der Waals surface area contributed by atoms with E-state index in [0.717, 1.165) is 21.3 Å². The van der Waals surface area contributed by atoms with Gasteiger partial charge < -0.3 is 19.3 Å². The van der Waals surface area contributed by atoms with Crippen LogP contribution in [0.2, 0.25) is 5.02 Å². The first-order valence-corrected chi connectivity index (χ1v) is 11.5. The molecule has 188 valence electrons. The predicted octanol–water partition coefficient (Wildman–Crippen LogP) is 4.53. The molecule has 36 heavy (non-hydrogen) atoms. The number of nitrogens with zero attached hydrogens (tertiary/aromatic N) is 2. The van der Waals surface area contributed by atoms with Crippen molar-refractivity contribution in [2.24, 2.45) is 0 Å². The maximum Gasteiger partial charge on any atom is 0.271 e. The Balaban J connectivity index is 1.91. The van der Waals surface area contributed by atoms with Gasteiger partial charge in [-0.3, -0.25) is 14.2 Å². The number of carbonyl (C=O) groups excluding carboxylic acids is 1. The van der Waals surface area contributed by atoms with Crippen molar-refractivity contribution in [3.8, 4) is 29.2 Å². The van der Waals surface area contributed by atoms with Crippen LogP contribution in [0.4, 0.5) is 0 Å². The Morgan fingerprint density at radius 2 is 1.72 bits per heavy atom. The van der Waals surface area contributed by atoms with Gasteiger partial charge in [0.05, 0.1) is 19.8 Å². The Bertz CT molecular complexity index is 1400. The second-order valence-corrected chi connectivity index (χ2v) is 8.67. The number of nitriles is 1. The minimum absolute atomic E-state index is 0.0336. The van der Waals surface area contributed by atoms with E-state index in [-0.39, 0.29) is 23.2 Å². The summed E-state index contributed by atoms with van der Waals surface area (Å²) >= 11 is 6.19. The number of methoxy groups -OCH3 is 2. The Morgan fingerprint density at radius 1 is 1.08 bits per heavy atom. The maximum absolute atomic E-state index is 13.1. The van der Waals surface area contributed by atoms with Gasteiger partial charge in [0.15, 0.2) is 18.1 Å². The topological polar surface area (TPSA) is 111 Å². The predicted molar refractivity (Wildman–Crippen MR) is 136 cm³/mol. The van der Waals surface area contributed by atoms with Gasteiger partial charge in [-0.05, 0) is 73.7 Å². The van der Waals surface area contributed by atoms with Crippen LogP contribution >= 0.6 is 11.6 Å². The molecule has 1 N–H and O–H groups in total. The molecule has 0 amide bonds. The summed E-state index contributed by atoms with van der Waals surface area (Å²) in [7, 11) is 3.05. The van der Waals surface area contributed by atoms with Crippen LogP contribution in [0.5, 0.6) is 23.1 Å². The first kappa shape index (κ1) is 26.6. The minimum atomic E-state index is -0.672. The summed E-state index contributed by atoms with van der Waals surface area (Å²) in [6, 6.07) is 10.6. The first-order chi connectivity index (χ1) is 17.1. The van der Waals surface area contributed by atoms with E-state index in [1.807, 2.05) is 19.9 Å². The lowest BCUT2D eigenvalue weighted by molar-refractivity contribution is 0.0916. The summed E-state index contributed by atoms with van der Waals surface area (Å²) in [5, 5.41) is 21.1. The maximum atomic E-state index is 13.1. The number of benzene rings is 2. The number of Topliss-reactive ketones (excluding diaryl/α,β-unsaturated/α-hetero) is 1. The number of hydrogen-bond donors (Lipinski definition) is 1. The van der Waals surface area contributed by atoms with Crippen LogP contribution in [0.15, 0.2) is 35.1 Å². The van der Waals surface area contributed by atoms with E-state index < -0.39 is 23.8 Å². The van der Waals surface area contributed by atoms with E-state index in [0.29, 0.717) is 28.7 Å². The number of halogens is 1. The molecule has 0 spiro atoms. The highest BCUT2D eigenvalue weighted by atomic mass is 35.5. The van der Waals surface area contributed by atoms with Crippen LogP contribution in [0.3, 0.4) is 0 Å². The third kappa shape index (κ3) is 5.31. The molecule has 0 aliphatic rings. The first-order valence-electron chi connectivity index (χ1n) is 11.1. The molecule has 1 heterocycles. The van der Waals surface area contributed by atoms with E-state index >= 15 is 0 Å². The van der Waals surface area contributed by atoms with Crippen LogP contribution < -0.4 is 19.8 Å². The van der Waals surface area contributed by atoms with Crippen molar-refractivity contribution in [3.63, 3.8) is 0 Å². The molecule has 0 atom stereocenters. The highest BCUT2D eigenvalue weighted by Gasteiger charge is 2.24. The molecule has 0 radical (unpaired) electrons. The number of hydrogen-bond acceptors (Lipinski definition) is 7. The molecule has 0 bridgehead atoms. The second-order valence-electron chi connectivity index (χ2n) is 8.29. The SMILES string of the molecule is COc1ccc(CCn2c(O)c(C(=O)COc3cc(C)c(Cl)c(C)c3)c(C)c(C#N)c2=O)cc1OC. The zero-order chi connectivity index (χ0) is 26.6. The lowest BCUT2D eigenvalue weighted by Gasteiger charge is -2.16. The van der Waals surface area contributed by atoms with E-state index in [1.165, 1.54) is 21.1 Å². The van der Waals surface area contributed by atoms with E-state index in [2.05, 4.69) is 0 Å². The van der Waals surface area contributed by atoms with Crippen molar-refractivity contribution >= 4 is 17.4 Å². The fraction of sp³-hybridized carbons (Fsp3) is 0.296. The Kier molecular flexibility index (Phi) is 8.28. The highest BCUT2D eigenvalue weighted by Crippen LogP contribution is 2.29. The third-order valence-electron chi connectivity index (χ3n) is 5.93. The molecule has 0 aliphatic heterocycles. The number of aromatic nitrogens is 1. The zero-order valence-electron chi connectivity index (χ0n) is 20.8. The molecule has 2 aromatic carbocycles. The van der Waals surface area contributed by atoms with Gasteiger partial charge in [0.2, 0.25) is 11.7 Å². The molecule has 0 saturated heterocycles. The van der Waals surface area contributed by atoms with Gasteiger partial charge in [-0.2, -0.15) is 5.26 Å². The van der Waals surface area contributed by atoms with Crippen molar-refractivity contribution in [3.05, 3.63) is 79.1 Å². The van der Waals surface area contributed by atoms with Crippen molar-refractivity contribution in [1.29, 1.82) is 5.26 Å². The van der Waals surface area contributed by atoms with Crippen molar-refractivity contribution < 1.29 is 24.1 Å². The van der Waals surface area contributed by atoms with Crippen molar-refractivity contribution in [2.45, 2.75) is 33.7 Å². The largest absolute Gasteiger partial charge is 0.494 e. The normalized spacial score (nSPS) is 10.6. The molecule has 1 aromatic heterocycles. The lowest BCUT2D eigenvalue weighted by atomic mass is 10.0. The van der Waals surface area contributed by atoms with Crippen molar-refractivity contribution in [2.75, 3.05) is 20.8 Å². The summed E-state index contributed by atoms with van der Waals surface area (Å²) in [5.41, 5.74) is 1.52. The van der Waals surface area contributed by atoms with E-state index in [1.54, 1.807) is 30.3 Å². The standard InChI is InChI=1S/C27H27ClN2O6/c1-15-10-19(11-16(2)25(15)28)36-14-21(31)24-17(3)20(13-29)26(32)30(27(24)33)9-8-18-6-7-22(34-4)23(12-18)35-5/h6-7,10-12,33H,8-9,14H2,1-5H3. The quantitative estimate of drug-likeness (QED) is 0.421. The van der Waals surface area contributed by atoms with E-state index in [4.69, 9.17) is 25.8 Å². The summed E-state index contributed by atoms with van der Waals surface area (Å²) in [5.74, 6) is 0.457. The molecule has 0 unspecified atom stereocenters. The van der Waals surface area contributed by atoms with Gasteiger partial charge in [0, 0.05) is 11.6 Å². The van der Waals surface area contributed by atoms with Gasteiger partial charge >= 0.3 is 0 Å². The molecule has 3 aromatic rings. The summed E-state index contributed by atoms with van der Waals surface area (Å²) in [6.07, 6.45) is 0.329. The molecule has 9 heteroatoms. The average molecular weight is 511 g/mol. The minimum Gasteiger partial charge on any atom is -0.494 e. The molecule has 3 rings (SSSR count). The Morgan fingerprint density at radius 3 is 2.31 bits per heavy atom.